The fraction of sp³-hybridized carbons (Fsp3) is 0.150. The zero-order chi connectivity index (χ0) is 20.4. The first kappa shape index (κ1) is 18.9. The first-order valence-corrected chi connectivity index (χ1v) is 8.37. The smallest absolute Gasteiger partial charge is 0.292 e. The number of ether oxygens (including phenoxy) is 1. The van der Waals surface area contributed by atoms with Gasteiger partial charge in [-0.15, -0.1) is 0 Å². The summed E-state index contributed by atoms with van der Waals surface area (Å²) in [6, 6.07) is 10.9. The average Bonchev–Trinajstić information content (AvgIpc) is 3.00. The number of hydrogen-bond donors (Lipinski definition) is 2. The van der Waals surface area contributed by atoms with E-state index >= 15 is 0 Å². The molecule has 0 aliphatic rings. The highest BCUT2D eigenvalue weighted by molar-refractivity contribution is 6.03. The molecule has 2 aromatic carbocycles. The summed E-state index contributed by atoms with van der Waals surface area (Å²) in [5.41, 5.74) is 8.63. The Morgan fingerprint density at radius 2 is 1.93 bits per heavy atom. The molecule has 1 aromatic heterocycles. The highest BCUT2D eigenvalue weighted by atomic mass is 19.1. The van der Waals surface area contributed by atoms with Crippen LogP contribution in [0, 0.1) is 31.0 Å². The lowest BCUT2D eigenvalue weighted by Gasteiger charge is -2.17. The van der Waals surface area contributed by atoms with Gasteiger partial charge in [-0.05, 0) is 49.7 Å². The Morgan fingerprint density at radius 3 is 2.54 bits per heavy atom. The van der Waals surface area contributed by atoms with Gasteiger partial charge >= 0.3 is 0 Å². The normalized spacial score (nSPS) is 10.4. The minimum Gasteiger partial charge on any atom is -0.496 e. The lowest BCUT2D eigenvalue weighted by molar-refractivity contribution is 0.101. The van der Waals surface area contributed by atoms with Crippen LogP contribution in [0.3, 0.4) is 0 Å². The molecule has 0 bridgehead atoms. The zero-order valence-corrected chi connectivity index (χ0v) is 15.6. The van der Waals surface area contributed by atoms with Gasteiger partial charge in [-0.1, -0.05) is 6.07 Å². The van der Waals surface area contributed by atoms with E-state index < -0.39 is 11.7 Å². The molecule has 3 rings (SSSR count). The quantitative estimate of drug-likeness (QED) is 0.723. The van der Waals surface area contributed by atoms with Gasteiger partial charge in [0.15, 0.2) is 5.69 Å². The maximum Gasteiger partial charge on any atom is 0.292 e. The number of aromatic nitrogens is 2. The van der Waals surface area contributed by atoms with Gasteiger partial charge in [-0.25, -0.2) is 9.37 Å². The van der Waals surface area contributed by atoms with Gasteiger partial charge in [0.25, 0.3) is 5.91 Å². The van der Waals surface area contributed by atoms with Crippen LogP contribution < -0.4 is 15.8 Å². The molecular formula is C20H18FN5O2. The molecule has 8 heteroatoms. The summed E-state index contributed by atoms with van der Waals surface area (Å²) >= 11 is 0. The molecule has 28 heavy (non-hydrogen) atoms. The second kappa shape index (κ2) is 7.40. The van der Waals surface area contributed by atoms with Gasteiger partial charge in [-0.3, -0.25) is 9.36 Å². The van der Waals surface area contributed by atoms with E-state index in [0.29, 0.717) is 17.1 Å². The summed E-state index contributed by atoms with van der Waals surface area (Å²) in [5.74, 6) is -0.402. The molecule has 142 valence electrons. The third-order valence-corrected chi connectivity index (χ3v) is 4.35. The van der Waals surface area contributed by atoms with Gasteiger partial charge in [0.2, 0.25) is 5.82 Å². The third kappa shape index (κ3) is 3.25. The maximum atomic E-state index is 13.1. The third-order valence-electron chi connectivity index (χ3n) is 4.35. The number of carbonyl (C=O) groups is 1. The van der Waals surface area contributed by atoms with E-state index in [9.17, 15) is 14.4 Å². The number of carbonyl (C=O) groups excluding carboxylic acids is 1. The topological polar surface area (TPSA) is 106 Å². The van der Waals surface area contributed by atoms with Crippen molar-refractivity contribution in [3.63, 3.8) is 0 Å². The van der Waals surface area contributed by atoms with Crippen molar-refractivity contribution in [2.75, 3.05) is 18.2 Å². The second-order valence-corrected chi connectivity index (χ2v) is 6.14. The van der Waals surface area contributed by atoms with Crippen molar-refractivity contribution in [2.45, 2.75) is 13.8 Å². The molecule has 0 saturated heterocycles. The molecule has 0 aliphatic carbocycles. The highest BCUT2D eigenvalue weighted by Crippen LogP contribution is 2.31. The lowest BCUT2D eigenvalue weighted by atomic mass is 10.1. The summed E-state index contributed by atoms with van der Waals surface area (Å²) < 4.78 is 19.9. The minimum absolute atomic E-state index is 0.0474. The number of anilines is 2. The molecule has 0 radical (unpaired) electrons. The van der Waals surface area contributed by atoms with Crippen LogP contribution in [-0.4, -0.2) is 22.6 Å². The zero-order valence-electron chi connectivity index (χ0n) is 15.6. The Labute approximate surface area is 161 Å². The number of methoxy groups -OCH3 is 1. The Bertz CT molecular complexity index is 1100. The van der Waals surface area contributed by atoms with Crippen LogP contribution in [0.1, 0.15) is 27.4 Å². The molecule has 7 nitrogen and oxygen atoms in total. The van der Waals surface area contributed by atoms with Crippen molar-refractivity contribution in [3.05, 3.63) is 64.9 Å². The number of nitrogens with one attached hydrogen (secondary N) is 1. The van der Waals surface area contributed by atoms with Crippen LogP contribution in [0.5, 0.6) is 5.75 Å². The van der Waals surface area contributed by atoms with E-state index in [1.807, 2.05) is 32.0 Å². The fourth-order valence-electron chi connectivity index (χ4n) is 3.00. The molecule has 1 amide bonds. The maximum absolute atomic E-state index is 13.1. The van der Waals surface area contributed by atoms with E-state index in [2.05, 4.69) is 10.3 Å². The number of nitriles is 1. The number of hydrogen-bond acceptors (Lipinski definition) is 5. The molecule has 0 atom stereocenters. The van der Waals surface area contributed by atoms with Gasteiger partial charge in [0.05, 0.1) is 12.8 Å². The number of benzene rings is 2. The molecule has 1 heterocycles. The summed E-state index contributed by atoms with van der Waals surface area (Å²) in [4.78, 5) is 17.0. The van der Waals surface area contributed by atoms with Gasteiger partial charge in [0, 0.05) is 11.3 Å². The summed E-state index contributed by atoms with van der Waals surface area (Å²) in [5, 5.41) is 12.0. The number of imidazole rings is 1. The van der Waals surface area contributed by atoms with E-state index in [4.69, 9.17) is 10.5 Å². The number of nitrogens with two attached hydrogens (primary N) is 1. The Kier molecular flexibility index (Phi) is 5.00. The Balaban J connectivity index is 2.16. The molecule has 0 spiro atoms. The van der Waals surface area contributed by atoms with Crippen LogP contribution in [0.2, 0.25) is 0 Å². The number of nitrogens with zero attached hydrogens (tertiary/aromatic N) is 3. The lowest BCUT2D eigenvalue weighted by Crippen LogP contribution is -2.19. The Morgan fingerprint density at radius 1 is 1.25 bits per heavy atom. The van der Waals surface area contributed by atoms with Gasteiger partial charge in [0.1, 0.15) is 23.5 Å². The molecule has 0 unspecified atom stereocenters. The monoisotopic (exact) mass is 379 g/mol. The first-order valence-electron chi connectivity index (χ1n) is 8.37. The molecule has 0 aliphatic heterocycles. The van der Waals surface area contributed by atoms with Crippen LogP contribution in [0.4, 0.5) is 15.9 Å². The molecular weight excluding hydrogens is 361 g/mol. The number of amides is 1. The van der Waals surface area contributed by atoms with Crippen molar-refractivity contribution >= 4 is 17.4 Å². The molecule has 0 fully saturated rings. The molecule has 3 N–H and O–H groups in total. The van der Waals surface area contributed by atoms with Gasteiger partial charge < -0.3 is 15.8 Å². The fourth-order valence-corrected chi connectivity index (χ4v) is 3.00. The van der Waals surface area contributed by atoms with Crippen molar-refractivity contribution in [1.82, 2.24) is 9.55 Å². The predicted octanol–water partition coefficient (Wildman–Crippen LogP) is 3.34. The largest absolute Gasteiger partial charge is 0.496 e. The van der Waals surface area contributed by atoms with E-state index in [1.54, 1.807) is 7.11 Å². The SMILES string of the molecule is COc1ccc(C)c(-n2c(C(=O)Nc3ccc(F)cc3)nc(C#N)c2N)c1C. The summed E-state index contributed by atoms with van der Waals surface area (Å²) in [6.07, 6.45) is 0. The first-order chi connectivity index (χ1) is 13.4. The van der Waals surface area contributed by atoms with Crippen molar-refractivity contribution in [3.8, 4) is 17.5 Å². The standard InChI is InChI=1S/C20H18FN5O2/c1-11-4-9-16(28-3)12(2)17(11)26-18(23)15(10-22)25-19(26)20(27)24-14-7-5-13(21)6-8-14/h4-9H,23H2,1-3H3,(H,24,27). The second-order valence-electron chi connectivity index (χ2n) is 6.14. The van der Waals surface area contributed by atoms with Gasteiger partial charge in [-0.2, -0.15) is 5.26 Å². The summed E-state index contributed by atoms with van der Waals surface area (Å²) in [6.45, 7) is 3.68. The van der Waals surface area contributed by atoms with Crippen molar-refractivity contribution < 1.29 is 13.9 Å². The van der Waals surface area contributed by atoms with Crippen LogP contribution in [-0.2, 0) is 0 Å². The average molecular weight is 379 g/mol. The number of rotatable bonds is 4. The predicted molar refractivity (Wildman–Crippen MR) is 103 cm³/mol. The number of aryl methyl sites for hydroxylation is 1. The van der Waals surface area contributed by atoms with Crippen LogP contribution >= 0.6 is 0 Å². The number of nitrogen functional groups attached to an aromatic ring is 1. The van der Waals surface area contributed by atoms with Crippen LogP contribution in [0.15, 0.2) is 36.4 Å². The Hall–Kier alpha value is -3.86. The molecule has 3 aromatic rings. The van der Waals surface area contributed by atoms with E-state index in [1.165, 1.54) is 28.8 Å². The van der Waals surface area contributed by atoms with Crippen molar-refractivity contribution in [2.24, 2.45) is 0 Å². The number of halogens is 1. The minimum atomic E-state index is -0.582. The van der Waals surface area contributed by atoms with Crippen LogP contribution in [0.25, 0.3) is 5.69 Å². The van der Waals surface area contributed by atoms with Crippen molar-refractivity contribution in [1.29, 1.82) is 5.26 Å². The highest BCUT2D eigenvalue weighted by Gasteiger charge is 2.25. The van der Waals surface area contributed by atoms with E-state index in [0.717, 1.165) is 11.1 Å². The van der Waals surface area contributed by atoms with E-state index in [-0.39, 0.29) is 17.3 Å². The summed E-state index contributed by atoms with van der Waals surface area (Å²) in [7, 11) is 1.54. The molecule has 0 saturated carbocycles.